The fourth-order valence-electron chi connectivity index (χ4n) is 4.25. The lowest BCUT2D eigenvalue weighted by Crippen LogP contribution is -2.17. The highest BCUT2D eigenvalue weighted by atomic mass is 16.5. The van der Waals surface area contributed by atoms with Crippen LogP contribution in [0.2, 0.25) is 0 Å². The van der Waals surface area contributed by atoms with E-state index in [9.17, 15) is 5.11 Å². The maximum Gasteiger partial charge on any atom is 0.226 e. The topological polar surface area (TPSA) is 47.3 Å². The van der Waals surface area contributed by atoms with Crippen LogP contribution in [-0.4, -0.2) is 21.0 Å². The van der Waals surface area contributed by atoms with Crippen LogP contribution in [0.5, 0.6) is 5.88 Å². The van der Waals surface area contributed by atoms with E-state index in [0.717, 1.165) is 28.1 Å². The summed E-state index contributed by atoms with van der Waals surface area (Å²) in [5.41, 5.74) is 4.90. The number of aromatic nitrogens is 2. The molecule has 0 aliphatic carbocycles. The molecule has 1 aliphatic rings. The number of aryl methyl sites for hydroxylation is 1. The number of rotatable bonds is 3. The highest BCUT2D eigenvalue weighted by Crippen LogP contribution is 2.42. The number of fused-ring (bicyclic) bond motifs is 1. The Morgan fingerprint density at radius 3 is 2.16 bits per heavy atom. The zero-order chi connectivity index (χ0) is 21.2. The average molecular weight is 409 g/mol. The minimum absolute atomic E-state index is 0.0303. The third-order valence-electron chi connectivity index (χ3n) is 5.70. The van der Waals surface area contributed by atoms with Gasteiger partial charge in [0.15, 0.2) is 0 Å². The van der Waals surface area contributed by atoms with Crippen molar-refractivity contribution in [1.82, 2.24) is 9.78 Å². The van der Waals surface area contributed by atoms with Gasteiger partial charge in [0.1, 0.15) is 5.76 Å². The van der Waals surface area contributed by atoms with Gasteiger partial charge in [-0.1, -0.05) is 78.9 Å². The fourth-order valence-corrected chi connectivity index (χ4v) is 4.25. The Labute approximate surface area is 182 Å². The number of benzene rings is 3. The Morgan fingerprint density at radius 2 is 1.48 bits per heavy atom. The summed E-state index contributed by atoms with van der Waals surface area (Å²) in [4.78, 5) is 0. The van der Waals surface area contributed by atoms with Gasteiger partial charge >= 0.3 is 0 Å². The van der Waals surface area contributed by atoms with Gasteiger partial charge in [-0.05, 0) is 37.1 Å². The molecule has 0 fully saturated rings. The molecular weight excluding hydrogens is 384 g/mol. The number of nitrogens with zero attached hydrogens (tertiary/aromatic N) is 2. The summed E-state index contributed by atoms with van der Waals surface area (Å²) in [6, 6.07) is 30.2. The molecule has 0 radical (unpaired) electrons. The molecule has 0 unspecified atom stereocenters. The summed E-state index contributed by atoms with van der Waals surface area (Å²) >= 11 is 0. The lowest BCUT2D eigenvalue weighted by molar-refractivity contribution is 0.202. The van der Waals surface area contributed by atoms with Crippen molar-refractivity contribution in [2.75, 3.05) is 0 Å². The molecule has 2 heterocycles. The van der Waals surface area contributed by atoms with Crippen molar-refractivity contribution >= 4 is 5.76 Å². The summed E-state index contributed by atoms with van der Waals surface area (Å²) in [6.07, 6.45) is 1.72. The fraction of sp³-hybridized carbons (Fsp3) is 0.148. The van der Waals surface area contributed by atoms with Crippen LogP contribution < -0.4 is 4.74 Å². The molecule has 0 spiro atoms. The Balaban J connectivity index is 1.72. The Bertz CT molecular complexity index is 1200. The zero-order valence-corrected chi connectivity index (χ0v) is 17.3. The predicted molar refractivity (Wildman–Crippen MR) is 122 cm³/mol. The van der Waals surface area contributed by atoms with Gasteiger partial charge in [-0.25, -0.2) is 4.68 Å². The van der Waals surface area contributed by atoms with Gasteiger partial charge in [0.25, 0.3) is 0 Å². The van der Waals surface area contributed by atoms with Crippen LogP contribution in [0.4, 0.5) is 0 Å². The van der Waals surface area contributed by atoms with Gasteiger partial charge in [0, 0.05) is 17.0 Å². The molecule has 1 N–H and O–H groups in total. The van der Waals surface area contributed by atoms with E-state index >= 15 is 0 Å². The highest BCUT2D eigenvalue weighted by Gasteiger charge is 2.31. The van der Waals surface area contributed by atoms with Gasteiger partial charge in [-0.15, -0.1) is 0 Å². The third-order valence-corrected chi connectivity index (χ3v) is 5.70. The molecular formula is C27H24N2O2. The number of ether oxygens (including phenoxy) is 1. The van der Waals surface area contributed by atoms with E-state index in [0.29, 0.717) is 18.1 Å². The van der Waals surface area contributed by atoms with E-state index in [4.69, 9.17) is 9.84 Å². The number of hydrogen-bond donors (Lipinski definition) is 1. The second kappa shape index (κ2) is 8.25. The number of hydrogen-bond acceptors (Lipinski definition) is 3. The van der Waals surface area contributed by atoms with E-state index in [2.05, 4.69) is 12.1 Å². The minimum atomic E-state index is -0.645. The van der Waals surface area contributed by atoms with Crippen molar-refractivity contribution in [2.24, 2.45) is 0 Å². The van der Waals surface area contributed by atoms with Crippen LogP contribution in [0.3, 0.4) is 0 Å². The molecule has 0 amide bonds. The summed E-state index contributed by atoms with van der Waals surface area (Å²) in [6.45, 7) is 2.01. The Morgan fingerprint density at radius 1 is 0.871 bits per heavy atom. The van der Waals surface area contributed by atoms with Crippen LogP contribution >= 0.6 is 0 Å². The largest absolute Gasteiger partial charge is 0.438 e. The zero-order valence-electron chi connectivity index (χ0n) is 17.3. The van der Waals surface area contributed by atoms with Crippen LogP contribution in [0.1, 0.15) is 34.7 Å². The molecule has 0 bridgehead atoms. The number of aliphatic hydroxyl groups is 1. The van der Waals surface area contributed by atoms with Gasteiger partial charge in [-0.2, -0.15) is 5.10 Å². The SMILES string of the molecule is Cc1nn(-c2ccccc2)c2c1[C@H](c1ccccc1)C[C@@H](O)/C=C(/c1ccccc1)O2. The van der Waals surface area contributed by atoms with Crippen LogP contribution in [0, 0.1) is 6.92 Å². The Hall–Kier alpha value is -3.63. The number of aliphatic hydroxyl groups excluding tert-OH is 1. The van der Waals surface area contributed by atoms with E-state index < -0.39 is 6.10 Å². The first-order valence-corrected chi connectivity index (χ1v) is 10.5. The molecule has 31 heavy (non-hydrogen) atoms. The molecule has 0 saturated carbocycles. The average Bonchev–Trinajstić information content (AvgIpc) is 3.12. The molecule has 0 saturated heterocycles. The lowest BCUT2D eigenvalue weighted by Gasteiger charge is -2.25. The van der Waals surface area contributed by atoms with Gasteiger partial charge < -0.3 is 9.84 Å². The second-order valence-corrected chi connectivity index (χ2v) is 7.82. The third kappa shape index (κ3) is 3.78. The molecule has 4 heteroatoms. The molecule has 154 valence electrons. The summed E-state index contributed by atoms with van der Waals surface area (Å²) in [7, 11) is 0. The van der Waals surface area contributed by atoms with Crippen molar-refractivity contribution < 1.29 is 9.84 Å². The number of para-hydroxylation sites is 1. The van der Waals surface area contributed by atoms with Crippen LogP contribution in [-0.2, 0) is 0 Å². The van der Waals surface area contributed by atoms with E-state index in [-0.39, 0.29) is 5.92 Å². The van der Waals surface area contributed by atoms with E-state index in [1.807, 2.05) is 96.5 Å². The molecule has 2 atom stereocenters. The van der Waals surface area contributed by atoms with E-state index in [1.165, 1.54) is 0 Å². The summed E-state index contributed by atoms with van der Waals surface area (Å²) in [5, 5.41) is 15.8. The van der Waals surface area contributed by atoms with Crippen molar-refractivity contribution in [3.8, 4) is 11.6 Å². The van der Waals surface area contributed by atoms with Crippen molar-refractivity contribution in [1.29, 1.82) is 0 Å². The van der Waals surface area contributed by atoms with Crippen LogP contribution in [0.25, 0.3) is 11.4 Å². The first-order chi connectivity index (χ1) is 15.2. The molecule has 5 rings (SSSR count). The van der Waals surface area contributed by atoms with Crippen molar-refractivity contribution in [2.45, 2.75) is 25.4 Å². The van der Waals surface area contributed by atoms with Crippen LogP contribution in [0.15, 0.2) is 97.1 Å². The van der Waals surface area contributed by atoms with Crippen molar-refractivity contribution in [3.05, 3.63) is 119 Å². The summed E-state index contributed by atoms with van der Waals surface area (Å²) in [5.74, 6) is 1.30. The lowest BCUT2D eigenvalue weighted by atomic mass is 9.85. The van der Waals surface area contributed by atoms with Crippen molar-refractivity contribution in [3.63, 3.8) is 0 Å². The normalized spacial score (nSPS) is 20.0. The van der Waals surface area contributed by atoms with Gasteiger partial charge in [-0.3, -0.25) is 0 Å². The Kier molecular flexibility index (Phi) is 5.14. The molecule has 4 nitrogen and oxygen atoms in total. The van der Waals surface area contributed by atoms with Gasteiger partial charge in [0.05, 0.1) is 17.5 Å². The molecule has 1 aromatic heterocycles. The quantitative estimate of drug-likeness (QED) is 0.487. The first kappa shape index (κ1) is 19.3. The van der Waals surface area contributed by atoms with E-state index in [1.54, 1.807) is 0 Å². The molecule has 3 aromatic carbocycles. The molecule has 1 aliphatic heterocycles. The highest BCUT2D eigenvalue weighted by molar-refractivity contribution is 5.64. The second-order valence-electron chi connectivity index (χ2n) is 7.82. The van der Waals surface area contributed by atoms with Gasteiger partial charge in [0.2, 0.25) is 5.88 Å². The summed E-state index contributed by atoms with van der Waals surface area (Å²) < 4.78 is 8.42. The standard InChI is InChI=1S/C27H24N2O2/c1-19-26-24(20-11-5-2-6-12-20)17-23(30)18-25(21-13-7-3-8-14-21)31-27(26)29(28-19)22-15-9-4-10-16-22/h2-16,18,23-24,30H,17H2,1H3/b25-18-/t23-,24+/m1/s1. The first-order valence-electron chi connectivity index (χ1n) is 10.5. The monoisotopic (exact) mass is 408 g/mol. The predicted octanol–water partition coefficient (Wildman–Crippen LogP) is 5.50. The maximum atomic E-state index is 10.9. The smallest absolute Gasteiger partial charge is 0.226 e. The minimum Gasteiger partial charge on any atom is -0.438 e. The maximum absolute atomic E-state index is 10.9. The molecule has 4 aromatic rings.